The molecule has 8 nitrogen and oxygen atoms in total. The van der Waals surface area contributed by atoms with E-state index < -0.39 is 29.8 Å². The number of fused-ring (bicyclic) bond motifs is 3. The number of hydrazone groups is 1. The molecule has 2 aromatic carbocycles. The van der Waals surface area contributed by atoms with E-state index in [-0.39, 0.29) is 11.7 Å². The third-order valence-electron chi connectivity index (χ3n) is 6.26. The zero-order chi connectivity index (χ0) is 22.4. The summed E-state index contributed by atoms with van der Waals surface area (Å²) in [5, 5.41) is 5.96. The first kappa shape index (κ1) is 20.0. The molecule has 0 radical (unpaired) electrons. The highest BCUT2D eigenvalue weighted by molar-refractivity contribution is 6.24. The summed E-state index contributed by atoms with van der Waals surface area (Å²) in [5.74, 6) is -1.25. The van der Waals surface area contributed by atoms with Gasteiger partial charge in [0.1, 0.15) is 17.5 Å². The monoisotopic (exact) mass is 431 g/mol. The molecule has 2 saturated heterocycles. The van der Waals surface area contributed by atoms with Gasteiger partial charge in [0.15, 0.2) is 5.78 Å². The van der Waals surface area contributed by atoms with Crippen molar-refractivity contribution in [3.63, 3.8) is 0 Å². The van der Waals surface area contributed by atoms with Crippen molar-refractivity contribution in [2.24, 2.45) is 16.9 Å². The van der Waals surface area contributed by atoms with Gasteiger partial charge in [0.25, 0.3) is 0 Å². The van der Waals surface area contributed by atoms with Crippen LogP contribution in [0.3, 0.4) is 0 Å². The number of benzene rings is 2. The van der Waals surface area contributed by atoms with Gasteiger partial charge in [-0.2, -0.15) is 5.10 Å². The van der Waals surface area contributed by atoms with Crippen molar-refractivity contribution in [3.8, 4) is 11.5 Å². The molecule has 2 fully saturated rings. The van der Waals surface area contributed by atoms with Crippen LogP contribution >= 0.6 is 0 Å². The van der Waals surface area contributed by atoms with Crippen LogP contribution < -0.4 is 14.4 Å². The van der Waals surface area contributed by atoms with Gasteiger partial charge < -0.3 is 9.47 Å². The summed E-state index contributed by atoms with van der Waals surface area (Å²) in [6.07, 6.45) is 5.14. The van der Waals surface area contributed by atoms with Gasteiger partial charge in [-0.3, -0.25) is 19.4 Å². The minimum absolute atomic E-state index is 0.254. The van der Waals surface area contributed by atoms with E-state index in [4.69, 9.17) is 9.47 Å². The van der Waals surface area contributed by atoms with Crippen molar-refractivity contribution in [2.75, 3.05) is 19.1 Å². The Balaban J connectivity index is 1.53. The van der Waals surface area contributed by atoms with E-state index in [1.165, 1.54) is 4.90 Å². The van der Waals surface area contributed by atoms with Crippen molar-refractivity contribution in [1.29, 1.82) is 0 Å². The summed E-state index contributed by atoms with van der Waals surface area (Å²) in [4.78, 5) is 41.7. The smallest absolute Gasteiger partial charge is 0.240 e. The molecule has 32 heavy (non-hydrogen) atoms. The molecule has 0 bridgehead atoms. The fourth-order valence-corrected chi connectivity index (χ4v) is 4.75. The fraction of sp³-hybridized carbons (Fsp3) is 0.250. The van der Waals surface area contributed by atoms with Gasteiger partial charge in [-0.25, -0.2) is 4.90 Å². The van der Waals surface area contributed by atoms with Gasteiger partial charge in [-0.1, -0.05) is 6.08 Å². The highest BCUT2D eigenvalue weighted by Gasteiger charge is 2.64. The number of allylic oxidation sites excluding steroid dienone is 1. The number of methoxy groups -OCH3 is 2. The van der Waals surface area contributed by atoms with E-state index in [1.807, 2.05) is 6.08 Å². The Bertz CT molecular complexity index is 1140. The first-order valence-electron chi connectivity index (χ1n) is 10.2. The predicted octanol–water partition coefficient (Wildman–Crippen LogP) is 2.30. The summed E-state index contributed by atoms with van der Waals surface area (Å²) in [6, 6.07) is 12.1. The molecular formula is C24H21N3O5. The van der Waals surface area contributed by atoms with Gasteiger partial charge >= 0.3 is 0 Å². The Morgan fingerprint density at radius 1 is 0.875 bits per heavy atom. The maximum absolute atomic E-state index is 13.5. The van der Waals surface area contributed by atoms with Crippen LogP contribution in [0, 0.1) is 11.8 Å². The Morgan fingerprint density at radius 2 is 1.47 bits per heavy atom. The van der Waals surface area contributed by atoms with Gasteiger partial charge in [0, 0.05) is 11.8 Å². The second kappa shape index (κ2) is 7.64. The number of imide groups is 1. The summed E-state index contributed by atoms with van der Waals surface area (Å²) >= 11 is 0. The van der Waals surface area contributed by atoms with Crippen molar-refractivity contribution in [3.05, 3.63) is 66.2 Å². The standard InChI is InChI=1S/C24H21N3O5/c1-31-16-9-5-14(6-10-16)22(28)21-20-19(18-4-3-13-25-27(18)21)23(29)26(24(20)30)15-7-11-17(32-2)12-8-15/h3-13,18-21H,1-2H3/t18-,19+,20+,21-/m1/s1. The molecule has 8 heteroatoms. The van der Waals surface area contributed by atoms with E-state index >= 15 is 0 Å². The number of anilines is 1. The average molecular weight is 431 g/mol. The number of nitrogens with zero attached hydrogens (tertiary/aromatic N) is 3. The third kappa shape index (κ3) is 2.90. The largest absolute Gasteiger partial charge is 0.497 e. The highest BCUT2D eigenvalue weighted by atomic mass is 16.5. The average Bonchev–Trinajstić information content (AvgIpc) is 3.31. The van der Waals surface area contributed by atoms with Gasteiger partial charge in [-0.15, -0.1) is 0 Å². The molecule has 3 aliphatic rings. The van der Waals surface area contributed by atoms with Crippen LogP contribution in [0.1, 0.15) is 10.4 Å². The number of ether oxygens (including phenoxy) is 2. The van der Waals surface area contributed by atoms with Crippen LogP contribution in [0.25, 0.3) is 0 Å². The summed E-state index contributed by atoms with van der Waals surface area (Å²) in [6.45, 7) is 0. The summed E-state index contributed by atoms with van der Waals surface area (Å²) in [5.41, 5.74) is 0.892. The van der Waals surface area contributed by atoms with Gasteiger partial charge in [0.05, 0.1) is 37.8 Å². The fourth-order valence-electron chi connectivity index (χ4n) is 4.75. The first-order chi connectivity index (χ1) is 15.5. The van der Waals surface area contributed by atoms with Crippen molar-refractivity contribution < 1.29 is 23.9 Å². The van der Waals surface area contributed by atoms with Crippen LogP contribution in [-0.2, 0) is 9.59 Å². The number of carbonyl (C=O) groups excluding carboxylic acids is 3. The van der Waals surface area contributed by atoms with Crippen molar-refractivity contribution in [2.45, 2.75) is 12.1 Å². The number of amides is 2. The molecule has 3 heterocycles. The van der Waals surface area contributed by atoms with Crippen molar-refractivity contribution in [1.82, 2.24) is 5.01 Å². The lowest BCUT2D eigenvalue weighted by molar-refractivity contribution is -0.123. The lowest BCUT2D eigenvalue weighted by atomic mass is 9.86. The van der Waals surface area contributed by atoms with Crippen LogP contribution in [-0.4, -0.2) is 55.1 Å². The molecule has 0 aliphatic carbocycles. The minimum atomic E-state index is -0.876. The van der Waals surface area contributed by atoms with E-state index in [0.717, 1.165) is 0 Å². The van der Waals surface area contributed by atoms with E-state index in [9.17, 15) is 14.4 Å². The topological polar surface area (TPSA) is 88.5 Å². The SMILES string of the molecule is COc1ccc(C(=O)[C@H]2[C@H]3C(=O)N(c4ccc(OC)cc4)C(=O)[C@H]3[C@H]3C=CC=NN32)cc1. The second-order valence-electron chi connectivity index (χ2n) is 7.82. The molecule has 0 N–H and O–H groups in total. The van der Waals surface area contributed by atoms with Crippen LogP contribution in [0.5, 0.6) is 11.5 Å². The zero-order valence-corrected chi connectivity index (χ0v) is 17.5. The highest BCUT2D eigenvalue weighted by Crippen LogP contribution is 2.46. The van der Waals surface area contributed by atoms with E-state index in [2.05, 4.69) is 5.10 Å². The van der Waals surface area contributed by atoms with Gasteiger partial charge in [-0.05, 0) is 54.6 Å². The number of ketones is 1. The first-order valence-corrected chi connectivity index (χ1v) is 10.2. The lowest BCUT2D eigenvalue weighted by Crippen LogP contribution is -2.46. The molecule has 0 unspecified atom stereocenters. The molecule has 3 aliphatic heterocycles. The van der Waals surface area contributed by atoms with Crippen LogP contribution in [0.4, 0.5) is 5.69 Å². The number of Topliss-reactive ketones (excluding diaryl/α,β-unsaturated/α-hetero) is 1. The molecule has 0 aromatic heterocycles. The number of rotatable bonds is 5. The Morgan fingerprint density at radius 3 is 2.09 bits per heavy atom. The number of hydrogen-bond acceptors (Lipinski definition) is 7. The Kier molecular flexibility index (Phi) is 4.77. The van der Waals surface area contributed by atoms with E-state index in [0.29, 0.717) is 22.7 Å². The number of hydrogen-bond donors (Lipinski definition) is 0. The maximum Gasteiger partial charge on any atom is 0.240 e. The molecule has 2 aromatic rings. The zero-order valence-electron chi connectivity index (χ0n) is 17.5. The Hall–Kier alpha value is -3.94. The Labute approximate surface area is 184 Å². The second-order valence-corrected chi connectivity index (χ2v) is 7.82. The van der Waals surface area contributed by atoms with Crippen molar-refractivity contribution >= 4 is 29.5 Å². The normalized spacial score (nSPS) is 25.7. The number of carbonyl (C=O) groups is 3. The molecule has 0 saturated carbocycles. The molecule has 2 amide bonds. The summed E-state index contributed by atoms with van der Waals surface area (Å²) in [7, 11) is 3.10. The molecule has 5 rings (SSSR count). The maximum atomic E-state index is 13.5. The predicted molar refractivity (Wildman–Crippen MR) is 117 cm³/mol. The van der Waals surface area contributed by atoms with Crippen LogP contribution in [0.15, 0.2) is 65.8 Å². The van der Waals surface area contributed by atoms with Crippen LogP contribution in [0.2, 0.25) is 0 Å². The quantitative estimate of drug-likeness (QED) is 0.533. The lowest BCUT2D eigenvalue weighted by Gasteiger charge is -2.30. The van der Waals surface area contributed by atoms with Gasteiger partial charge in [0.2, 0.25) is 11.8 Å². The minimum Gasteiger partial charge on any atom is -0.497 e. The molecule has 0 spiro atoms. The molecule has 162 valence electrons. The summed E-state index contributed by atoms with van der Waals surface area (Å²) < 4.78 is 10.3. The molecular weight excluding hydrogens is 410 g/mol. The molecule has 4 atom stereocenters. The third-order valence-corrected chi connectivity index (χ3v) is 6.26. The van der Waals surface area contributed by atoms with E-state index in [1.54, 1.807) is 80.1 Å².